The molecule has 2 heterocycles. The Hall–Kier alpha value is -2.56. The zero-order chi connectivity index (χ0) is 14.1. The van der Waals surface area contributed by atoms with Crippen LogP contribution < -0.4 is 14.2 Å². The number of ketones is 1. The zero-order valence-electron chi connectivity index (χ0n) is 11.2. The number of benzene rings is 1. The van der Waals surface area contributed by atoms with E-state index in [9.17, 15) is 4.79 Å². The van der Waals surface area contributed by atoms with Crippen LogP contribution in [0.25, 0.3) is 11.3 Å². The van der Waals surface area contributed by atoms with E-state index in [2.05, 4.69) is 4.98 Å². The molecule has 0 aliphatic carbocycles. The first-order valence-electron chi connectivity index (χ1n) is 6.14. The average molecular weight is 271 g/mol. The van der Waals surface area contributed by atoms with Gasteiger partial charge in [-0.1, -0.05) is 0 Å². The number of fused-ring (bicyclic) bond motifs is 1. The molecule has 102 valence electrons. The van der Waals surface area contributed by atoms with Crippen LogP contribution in [0.3, 0.4) is 0 Å². The Morgan fingerprint density at radius 1 is 1.25 bits per heavy atom. The SMILES string of the molecule is COc1cc2c(cc1-c1ccc(C(C)=O)cn1)OCO2. The lowest BCUT2D eigenvalue weighted by atomic mass is 10.1. The van der Waals surface area contributed by atoms with Crippen LogP contribution in [0.5, 0.6) is 17.2 Å². The molecule has 2 aromatic rings. The Balaban J connectivity index is 2.06. The van der Waals surface area contributed by atoms with E-state index in [0.29, 0.717) is 28.5 Å². The summed E-state index contributed by atoms with van der Waals surface area (Å²) in [4.78, 5) is 15.6. The maximum atomic E-state index is 11.3. The minimum absolute atomic E-state index is 0.0123. The van der Waals surface area contributed by atoms with Gasteiger partial charge in [-0.15, -0.1) is 0 Å². The topological polar surface area (TPSA) is 57.7 Å². The van der Waals surface area contributed by atoms with Crippen molar-refractivity contribution in [3.63, 3.8) is 0 Å². The Bertz CT molecular complexity index is 664. The van der Waals surface area contributed by atoms with E-state index in [1.807, 2.05) is 6.07 Å². The molecule has 1 aliphatic heterocycles. The van der Waals surface area contributed by atoms with Crippen LogP contribution in [0.2, 0.25) is 0 Å². The van der Waals surface area contributed by atoms with Crippen LogP contribution in [0.1, 0.15) is 17.3 Å². The van der Waals surface area contributed by atoms with Crippen LogP contribution in [-0.4, -0.2) is 24.7 Å². The fraction of sp³-hybridized carbons (Fsp3) is 0.200. The third-order valence-electron chi connectivity index (χ3n) is 3.14. The van der Waals surface area contributed by atoms with Crippen LogP contribution in [-0.2, 0) is 0 Å². The summed E-state index contributed by atoms with van der Waals surface area (Å²) in [6.07, 6.45) is 1.56. The first-order chi connectivity index (χ1) is 9.69. The number of hydrogen-bond acceptors (Lipinski definition) is 5. The molecule has 0 fully saturated rings. The summed E-state index contributed by atoms with van der Waals surface area (Å²) >= 11 is 0. The lowest BCUT2D eigenvalue weighted by Crippen LogP contribution is -1.95. The van der Waals surface area contributed by atoms with Gasteiger partial charge in [0.05, 0.1) is 12.8 Å². The Morgan fingerprint density at radius 2 is 2.00 bits per heavy atom. The number of carbonyl (C=O) groups is 1. The molecule has 5 nitrogen and oxygen atoms in total. The van der Waals surface area contributed by atoms with E-state index in [0.717, 1.165) is 5.56 Å². The Morgan fingerprint density at radius 3 is 2.60 bits per heavy atom. The number of nitrogens with zero attached hydrogens (tertiary/aromatic N) is 1. The summed E-state index contributed by atoms with van der Waals surface area (Å²) in [5.74, 6) is 1.96. The molecule has 0 amide bonds. The largest absolute Gasteiger partial charge is 0.496 e. The number of hydrogen-bond donors (Lipinski definition) is 0. The van der Waals surface area contributed by atoms with Gasteiger partial charge in [0.15, 0.2) is 17.3 Å². The molecule has 1 aromatic heterocycles. The molecule has 20 heavy (non-hydrogen) atoms. The van der Waals surface area contributed by atoms with E-state index in [-0.39, 0.29) is 12.6 Å². The van der Waals surface area contributed by atoms with Crippen molar-refractivity contribution in [3.05, 3.63) is 36.0 Å². The number of methoxy groups -OCH3 is 1. The van der Waals surface area contributed by atoms with Crippen molar-refractivity contribution in [2.45, 2.75) is 6.92 Å². The number of rotatable bonds is 3. The highest BCUT2D eigenvalue weighted by Crippen LogP contribution is 2.41. The molecule has 0 saturated heterocycles. The fourth-order valence-electron chi connectivity index (χ4n) is 2.05. The quantitative estimate of drug-likeness (QED) is 0.803. The number of Topliss-reactive ketones (excluding diaryl/α,β-unsaturated/α-hetero) is 1. The number of pyridine rings is 1. The smallest absolute Gasteiger partial charge is 0.231 e. The second-order valence-corrected chi connectivity index (χ2v) is 4.39. The molecule has 1 aliphatic rings. The maximum absolute atomic E-state index is 11.3. The van der Waals surface area contributed by atoms with Crippen molar-refractivity contribution < 1.29 is 19.0 Å². The molecule has 0 N–H and O–H groups in total. The second kappa shape index (κ2) is 4.85. The van der Waals surface area contributed by atoms with Crippen molar-refractivity contribution in [1.29, 1.82) is 0 Å². The van der Waals surface area contributed by atoms with Crippen molar-refractivity contribution in [2.75, 3.05) is 13.9 Å². The van der Waals surface area contributed by atoms with E-state index >= 15 is 0 Å². The highest BCUT2D eigenvalue weighted by molar-refractivity contribution is 5.94. The monoisotopic (exact) mass is 271 g/mol. The van der Waals surface area contributed by atoms with Gasteiger partial charge >= 0.3 is 0 Å². The van der Waals surface area contributed by atoms with Crippen LogP contribution in [0.4, 0.5) is 0 Å². The fourth-order valence-corrected chi connectivity index (χ4v) is 2.05. The van der Waals surface area contributed by atoms with Gasteiger partial charge in [0.1, 0.15) is 5.75 Å². The third-order valence-corrected chi connectivity index (χ3v) is 3.14. The van der Waals surface area contributed by atoms with Crippen LogP contribution in [0, 0.1) is 0 Å². The molecular formula is C15H13NO4. The van der Waals surface area contributed by atoms with Gasteiger partial charge in [-0.2, -0.15) is 0 Å². The predicted octanol–water partition coefficient (Wildman–Crippen LogP) is 2.69. The van der Waals surface area contributed by atoms with Crippen molar-refractivity contribution in [1.82, 2.24) is 4.98 Å². The molecule has 0 atom stereocenters. The first-order valence-corrected chi connectivity index (χ1v) is 6.14. The van der Waals surface area contributed by atoms with Crippen molar-refractivity contribution >= 4 is 5.78 Å². The van der Waals surface area contributed by atoms with E-state index in [1.165, 1.54) is 6.92 Å². The normalized spacial score (nSPS) is 12.3. The lowest BCUT2D eigenvalue weighted by Gasteiger charge is -2.09. The van der Waals surface area contributed by atoms with Gasteiger partial charge in [0.25, 0.3) is 0 Å². The summed E-state index contributed by atoms with van der Waals surface area (Å²) < 4.78 is 16.0. The van der Waals surface area contributed by atoms with Gasteiger partial charge in [-0.25, -0.2) is 0 Å². The molecule has 0 radical (unpaired) electrons. The van der Waals surface area contributed by atoms with Gasteiger partial charge < -0.3 is 14.2 Å². The average Bonchev–Trinajstić information content (AvgIpc) is 2.93. The van der Waals surface area contributed by atoms with Crippen LogP contribution >= 0.6 is 0 Å². The van der Waals surface area contributed by atoms with E-state index in [4.69, 9.17) is 14.2 Å². The summed E-state index contributed by atoms with van der Waals surface area (Å²) in [7, 11) is 1.59. The number of carbonyl (C=O) groups excluding carboxylic acids is 1. The standard InChI is InChI=1S/C15H13NO4/c1-9(17)10-3-4-12(16-7-10)11-5-14-15(20-8-19-14)6-13(11)18-2/h3-7H,8H2,1-2H3. The van der Waals surface area contributed by atoms with Gasteiger partial charge in [0.2, 0.25) is 6.79 Å². The minimum Gasteiger partial charge on any atom is -0.496 e. The van der Waals surface area contributed by atoms with E-state index < -0.39 is 0 Å². The minimum atomic E-state index is -0.0123. The molecule has 0 spiro atoms. The summed E-state index contributed by atoms with van der Waals surface area (Å²) in [5, 5.41) is 0. The second-order valence-electron chi connectivity index (χ2n) is 4.39. The number of aromatic nitrogens is 1. The molecule has 3 rings (SSSR count). The molecular weight excluding hydrogens is 258 g/mol. The van der Waals surface area contributed by atoms with Gasteiger partial charge in [-0.3, -0.25) is 9.78 Å². The highest BCUT2D eigenvalue weighted by atomic mass is 16.7. The predicted molar refractivity (Wildman–Crippen MR) is 72.4 cm³/mol. The van der Waals surface area contributed by atoms with Crippen molar-refractivity contribution in [3.8, 4) is 28.5 Å². The highest BCUT2D eigenvalue weighted by Gasteiger charge is 2.19. The zero-order valence-corrected chi connectivity index (χ0v) is 11.2. The summed E-state index contributed by atoms with van der Waals surface area (Å²) in [6, 6.07) is 7.14. The van der Waals surface area contributed by atoms with E-state index in [1.54, 1.807) is 31.5 Å². The summed E-state index contributed by atoms with van der Waals surface area (Å²) in [6.45, 7) is 1.72. The molecule has 1 aromatic carbocycles. The van der Waals surface area contributed by atoms with Crippen molar-refractivity contribution in [2.24, 2.45) is 0 Å². The van der Waals surface area contributed by atoms with Gasteiger partial charge in [0, 0.05) is 23.4 Å². The first kappa shape index (κ1) is 12.5. The molecule has 5 heteroatoms. The van der Waals surface area contributed by atoms with Gasteiger partial charge in [-0.05, 0) is 25.1 Å². The number of ether oxygens (including phenoxy) is 3. The Labute approximate surface area is 116 Å². The third kappa shape index (κ3) is 2.07. The molecule has 0 saturated carbocycles. The molecule has 0 bridgehead atoms. The lowest BCUT2D eigenvalue weighted by molar-refractivity contribution is 0.101. The summed E-state index contributed by atoms with van der Waals surface area (Å²) in [5.41, 5.74) is 2.09. The van der Waals surface area contributed by atoms with Crippen LogP contribution in [0.15, 0.2) is 30.5 Å². The Kier molecular flexibility index (Phi) is 3.02. The molecule has 0 unspecified atom stereocenters. The maximum Gasteiger partial charge on any atom is 0.231 e.